The molecule has 13 N–H and O–H groups in total. The highest BCUT2D eigenvalue weighted by molar-refractivity contribution is 8.76. The molecule has 1 saturated heterocycles. The highest BCUT2D eigenvalue weighted by Gasteiger charge is 2.41. The number of hydrogen-bond donors (Lipinski definition) is 11. The minimum Gasteiger partial charge on any atom is -0.481 e. The number of aryl methyl sites for hydroxylation is 1. The van der Waals surface area contributed by atoms with Gasteiger partial charge in [-0.2, -0.15) is 8.62 Å². The second kappa shape index (κ2) is 25.3. The van der Waals surface area contributed by atoms with Crippen molar-refractivity contribution in [3.8, 4) is 0 Å². The number of hydrogen-bond acceptors (Lipinski definition) is 18. The average Bonchev–Trinajstić information content (AvgIpc) is 3.79. The Labute approximate surface area is 362 Å². The van der Waals surface area contributed by atoms with Gasteiger partial charge in [0.1, 0.15) is 30.1 Å². The molecule has 3 heterocycles. The number of nitrogens with two attached hydrogens (primary N) is 2. The minimum atomic E-state index is -5.66. The molecule has 2 aromatic rings. The summed E-state index contributed by atoms with van der Waals surface area (Å²) in [5, 5.41) is 26.3. The Kier molecular flexibility index (Phi) is 21.7. The van der Waals surface area contributed by atoms with Gasteiger partial charge in [-0.15, -0.1) is 0 Å². The van der Waals surface area contributed by atoms with Gasteiger partial charge < -0.3 is 66.5 Å². The van der Waals surface area contributed by atoms with E-state index in [-0.39, 0.29) is 43.3 Å². The summed E-state index contributed by atoms with van der Waals surface area (Å²) >= 11 is 0. The van der Waals surface area contributed by atoms with Crippen molar-refractivity contribution in [3.63, 3.8) is 0 Å². The van der Waals surface area contributed by atoms with Crippen LogP contribution in [0.15, 0.2) is 12.5 Å². The number of aliphatic carboxylic acids is 2. The number of nitrogens with one attached hydrogen (secondary N) is 3. The molecule has 0 spiro atoms. The van der Waals surface area contributed by atoms with E-state index in [1.165, 1.54) is 27.9 Å². The van der Waals surface area contributed by atoms with E-state index >= 15 is 0 Å². The van der Waals surface area contributed by atoms with E-state index in [1.54, 1.807) is 10.8 Å². The fraction of sp³-hybridized carbons (Fsp3) is 0.645. The van der Waals surface area contributed by atoms with E-state index < -0.39 is 72.3 Å². The lowest BCUT2D eigenvalue weighted by Gasteiger charge is -2.19. The number of unbranched alkanes of at least 4 members (excludes halogenated alkanes) is 2. The molecule has 350 valence electrons. The lowest BCUT2D eigenvalue weighted by molar-refractivity contribution is -0.143. The van der Waals surface area contributed by atoms with E-state index in [0.717, 1.165) is 5.56 Å². The van der Waals surface area contributed by atoms with Gasteiger partial charge >= 0.3 is 35.4 Å². The van der Waals surface area contributed by atoms with Crippen LogP contribution in [0, 0.1) is 0 Å². The van der Waals surface area contributed by atoms with Crippen LogP contribution in [-0.4, -0.2) is 123 Å². The van der Waals surface area contributed by atoms with Crippen molar-refractivity contribution in [1.82, 2.24) is 30.5 Å². The third-order valence-corrected chi connectivity index (χ3v) is 14.9. The van der Waals surface area contributed by atoms with Gasteiger partial charge in [-0.3, -0.25) is 23.7 Å². The molecule has 0 bridgehead atoms. The van der Waals surface area contributed by atoms with Gasteiger partial charge in [-0.25, -0.2) is 28.5 Å². The third-order valence-electron chi connectivity index (χ3n) is 8.64. The molecule has 62 heavy (non-hydrogen) atoms. The molecule has 6 atom stereocenters. The summed E-state index contributed by atoms with van der Waals surface area (Å²) in [5.41, 5.74) is 13.4. The molecule has 0 saturated carbocycles. The van der Waals surface area contributed by atoms with Crippen molar-refractivity contribution in [2.24, 2.45) is 5.73 Å². The Morgan fingerprint density at radius 1 is 0.903 bits per heavy atom. The van der Waals surface area contributed by atoms with Crippen molar-refractivity contribution in [1.29, 1.82) is 0 Å². The maximum absolute atomic E-state index is 12.5. The molecule has 2 aromatic heterocycles. The number of carboxylic acid groups (broad SMARTS) is 2. The molecule has 3 amide bonds. The number of phosphoric acid groups is 3. The second-order valence-electron chi connectivity index (χ2n) is 13.6. The molecule has 4 unspecified atom stereocenters. The van der Waals surface area contributed by atoms with Crippen LogP contribution in [0.1, 0.15) is 76.0 Å². The van der Waals surface area contributed by atoms with E-state index in [1.807, 2.05) is 0 Å². The lowest BCUT2D eigenvalue weighted by Crippen LogP contribution is -2.42. The van der Waals surface area contributed by atoms with E-state index in [4.69, 9.17) is 40.7 Å². The van der Waals surface area contributed by atoms with Crippen LogP contribution < -0.4 is 27.4 Å². The average molecular weight is 981 g/mol. The molecule has 0 aromatic carbocycles. The first-order valence-corrected chi connectivity index (χ1v) is 25.9. The quantitative estimate of drug-likeness (QED) is 0.0298. The molecule has 1 aliphatic rings. The zero-order valence-electron chi connectivity index (χ0n) is 33.0. The van der Waals surface area contributed by atoms with Gasteiger partial charge in [-0.05, 0) is 50.5 Å². The Balaban J connectivity index is 1.30. The van der Waals surface area contributed by atoms with Gasteiger partial charge in [0.2, 0.25) is 17.7 Å². The predicted molar refractivity (Wildman–Crippen MR) is 222 cm³/mol. The molecule has 1 fully saturated rings. The third kappa shape index (κ3) is 19.7. The number of ether oxygens (including phenoxy) is 1. The van der Waals surface area contributed by atoms with Crippen LogP contribution in [0.4, 0.5) is 5.82 Å². The molecular weight excluding hydrogens is 929 g/mol. The lowest BCUT2D eigenvalue weighted by atomic mass is 10.1. The molecule has 26 nitrogen and oxygen atoms in total. The van der Waals surface area contributed by atoms with Crippen LogP contribution in [0.2, 0.25) is 0 Å². The van der Waals surface area contributed by atoms with Crippen LogP contribution in [0.5, 0.6) is 0 Å². The number of rotatable bonds is 30. The predicted octanol–water partition coefficient (Wildman–Crippen LogP) is 1.29. The summed E-state index contributed by atoms with van der Waals surface area (Å²) < 4.78 is 54.4. The van der Waals surface area contributed by atoms with Crippen LogP contribution in [0.25, 0.3) is 11.0 Å². The zero-order valence-corrected chi connectivity index (χ0v) is 37.3. The summed E-state index contributed by atoms with van der Waals surface area (Å²) in [6, 6.07) is -2.06. The highest BCUT2D eigenvalue weighted by Crippen LogP contribution is 2.66. The largest absolute Gasteiger partial charge is 0.490 e. The normalized spacial score (nSPS) is 18.3. The number of carboxylic acids is 2. The van der Waals surface area contributed by atoms with Gasteiger partial charge in [0, 0.05) is 50.1 Å². The van der Waals surface area contributed by atoms with Gasteiger partial charge in [0.15, 0.2) is 0 Å². The molecule has 1 aliphatic heterocycles. The first-order chi connectivity index (χ1) is 29.1. The summed E-state index contributed by atoms with van der Waals surface area (Å²) in [4.78, 5) is 104. The maximum atomic E-state index is 12.5. The fourth-order valence-corrected chi connectivity index (χ4v) is 11.0. The van der Waals surface area contributed by atoms with Crippen molar-refractivity contribution >= 4 is 91.6 Å². The van der Waals surface area contributed by atoms with E-state index in [0.29, 0.717) is 80.6 Å². The zero-order chi connectivity index (χ0) is 46.1. The number of anilines is 1. The number of carbonyl (C=O) groups is 5. The van der Waals surface area contributed by atoms with Crippen molar-refractivity contribution < 1.29 is 85.3 Å². The minimum absolute atomic E-state index is 0.0585. The number of nitrogens with zero attached hydrogens (tertiary/aromatic N) is 3. The highest BCUT2D eigenvalue weighted by atomic mass is 33.1. The van der Waals surface area contributed by atoms with Crippen molar-refractivity contribution in [2.75, 3.05) is 36.9 Å². The van der Waals surface area contributed by atoms with Gasteiger partial charge in [0.25, 0.3) is 0 Å². The van der Waals surface area contributed by atoms with Gasteiger partial charge in [-0.1, -0.05) is 28.0 Å². The fourth-order valence-electron chi connectivity index (χ4n) is 5.80. The number of aromatic nitrogens is 3. The second-order valence-corrected chi connectivity index (χ2v) is 20.7. The Hall–Kier alpha value is -3.20. The van der Waals surface area contributed by atoms with Crippen molar-refractivity contribution in [3.05, 3.63) is 18.1 Å². The van der Waals surface area contributed by atoms with E-state index in [9.17, 15) is 47.5 Å². The summed E-state index contributed by atoms with van der Waals surface area (Å²) in [5.74, 6) is -2.50. The number of fused-ring (bicyclic) bond motifs is 1. The Morgan fingerprint density at radius 2 is 1.63 bits per heavy atom. The SMILES string of the molecule is Nc1ncnc2c1c(CCCNC(=O)CCSSCC(N)C(=O)NCCCCCC(=O)NC(CCC(=O)O)C(=O)O)cn2[C@H]1CC[C@@H](COP(=O)(O)OP(=O)(O)OP(=O)(O)O)O1. The standard InChI is InChI=1S/C31H51N8O18P3S2/c32-21(30(44)35-12-3-1-2-6-24(41)38-22(31(45)46)8-10-26(42)43)17-62-61-14-11-23(40)34-13-4-5-19-15-39(29-27(19)28(33)36-18-37-29)25-9-7-20(55-25)16-54-59(50,51)57-60(52,53)56-58(47,48)49/h15,18,20-22,25H,1-14,16-17,32H2,(H,34,40)(H,35,44)(H,38,41)(H,42,43)(H,45,46)(H,50,51)(H,52,53)(H2,33,36,37)(H2,47,48,49)/t20-,21?,22?,25+/m0/s1. The molecule has 31 heteroatoms. The Morgan fingerprint density at radius 3 is 2.32 bits per heavy atom. The monoisotopic (exact) mass is 980 g/mol. The first kappa shape index (κ1) is 53.1. The maximum Gasteiger partial charge on any atom is 0.490 e. The number of carbonyl (C=O) groups excluding carboxylic acids is 3. The van der Waals surface area contributed by atoms with Gasteiger partial charge in [0.05, 0.1) is 24.1 Å². The van der Waals surface area contributed by atoms with Crippen LogP contribution >= 0.6 is 45.1 Å². The van der Waals surface area contributed by atoms with Crippen molar-refractivity contribution in [2.45, 2.75) is 95.0 Å². The van der Waals surface area contributed by atoms with Crippen LogP contribution in [-0.2, 0) is 62.0 Å². The topological polar surface area (TPSA) is 414 Å². The molecular formula is C31H51N8O18P3S2. The van der Waals surface area contributed by atoms with Crippen LogP contribution in [0.3, 0.4) is 0 Å². The summed E-state index contributed by atoms with van der Waals surface area (Å²) in [6.45, 7) is 0.0822. The molecule has 0 aliphatic carbocycles. The number of nitrogen functional groups attached to an aromatic ring is 1. The smallest absolute Gasteiger partial charge is 0.481 e. The summed E-state index contributed by atoms with van der Waals surface area (Å²) in [7, 11) is -13.8. The summed E-state index contributed by atoms with van der Waals surface area (Å²) in [6.07, 6.45) is 4.55. The number of amides is 3. The Bertz CT molecular complexity index is 2010. The number of phosphoric ester groups is 1. The molecule has 3 rings (SSSR count). The molecule has 0 radical (unpaired) electrons. The first-order valence-electron chi connectivity index (χ1n) is 18.9. The van der Waals surface area contributed by atoms with E-state index in [2.05, 4.69) is 34.5 Å².